The number of nitrogen functional groups attached to an aromatic ring is 1. The number of hydrogen-bond donors (Lipinski definition) is 2. The molecule has 0 aliphatic heterocycles. The summed E-state index contributed by atoms with van der Waals surface area (Å²) in [7, 11) is -4.76. The van der Waals surface area contributed by atoms with Crippen LogP contribution in [-0.4, -0.2) is 30.7 Å². The quantitative estimate of drug-likeness (QED) is 0.745. The molecule has 1 aromatic carbocycles. The minimum Gasteiger partial charge on any atom is -0.399 e. The minimum atomic E-state index is -3.77. The second-order valence-electron chi connectivity index (χ2n) is 4.36. The lowest BCUT2D eigenvalue weighted by molar-refractivity contribution is 0.577. The van der Waals surface area contributed by atoms with Gasteiger partial charge in [0.05, 0.1) is 10.5 Å². The van der Waals surface area contributed by atoms with E-state index in [0.717, 1.165) is 0 Å². The Balaban J connectivity index is 2.85. The van der Waals surface area contributed by atoms with E-state index in [2.05, 4.69) is 4.72 Å². The molecule has 110 valence electrons. The lowest BCUT2D eigenvalue weighted by Gasteiger charge is -2.11. The van der Waals surface area contributed by atoms with Crippen LogP contribution in [0.4, 0.5) is 5.69 Å². The summed E-state index contributed by atoms with van der Waals surface area (Å²) in [6.45, 7) is 1.95. The van der Waals surface area contributed by atoms with Gasteiger partial charge in [-0.05, 0) is 24.6 Å². The van der Waals surface area contributed by atoms with Gasteiger partial charge in [0.1, 0.15) is 6.07 Å². The Morgan fingerprint density at radius 2 is 2.15 bits per heavy atom. The molecule has 0 spiro atoms. The summed E-state index contributed by atoms with van der Waals surface area (Å²) in [4.78, 5) is -0.0977. The zero-order valence-electron chi connectivity index (χ0n) is 11.3. The molecule has 8 heteroatoms. The summed E-state index contributed by atoms with van der Waals surface area (Å²) in [6.07, 6.45) is 2.03. The van der Waals surface area contributed by atoms with Crippen molar-refractivity contribution in [3.63, 3.8) is 0 Å². The molecule has 3 N–H and O–H groups in total. The molecule has 1 aromatic rings. The first-order chi connectivity index (χ1) is 9.27. The third-order valence-corrected chi connectivity index (χ3v) is 5.71. The number of nitriles is 1. The van der Waals surface area contributed by atoms with Crippen molar-refractivity contribution in [2.45, 2.75) is 23.5 Å². The highest BCUT2D eigenvalue weighted by Crippen LogP contribution is 2.17. The number of nitrogens with two attached hydrogens (primary N) is 1. The van der Waals surface area contributed by atoms with Crippen LogP contribution >= 0.6 is 0 Å². The van der Waals surface area contributed by atoms with Crippen molar-refractivity contribution in [1.82, 2.24) is 4.72 Å². The van der Waals surface area contributed by atoms with Gasteiger partial charge in [0.15, 0.2) is 0 Å². The van der Waals surface area contributed by atoms with Gasteiger partial charge in [-0.25, -0.2) is 13.1 Å². The van der Waals surface area contributed by atoms with E-state index in [4.69, 9.17) is 11.0 Å². The SMILES string of the molecule is CC(CCNS(=O)(=O)c1ccc(N)cc1C#N)S(C)=O. The largest absolute Gasteiger partial charge is 0.399 e. The topological polar surface area (TPSA) is 113 Å². The van der Waals surface area contributed by atoms with Crippen molar-refractivity contribution < 1.29 is 12.6 Å². The Labute approximate surface area is 121 Å². The summed E-state index contributed by atoms with van der Waals surface area (Å²) in [6, 6.07) is 5.86. The highest BCUT2D eigenvalue weighted by Gasteiger charge is 2.19. The fourth-order valence-corrected chi connectivity index (χ4v) is 3.14. The van der Waals surface area contributed by atoms with E-state index in [9.17, 15) is 12.6 Å². The first-order valence-corrected chi connectivity index (χ1v) is 9.00. The predicted octanol–water partition coefficient (Wildman–Crippen LogP) is 0.576. The van der Waals surface area contributed by atoms with Gasteiger partial charge < -0.3 is 5.73 Å². The normalized spacial score (nSPS) is 14.4. The fourth-order valence-electron chi connectivity index (χ4n) is 1.51. The van der Waals surface area contributed by atoms with E-state index >= 15 is 0 Å². The van der Waals surface area contributed by atoms with Gasteiger partial charge in [0.25, 0.3) is 0 Å². The summed E-state index contributed by atoms with van der Waals surface area (Å²) >= 11 is 0. The fraction of sp³-hybridized carbons (Fsp3) is 0.417. The van der Waals surface area contributed by atoms with Crippen LogP contribution in [-0.2, 0) is 20.8 Å². The molecular formula is C12H17N3O3S2. The zero-order valence-corrected chi connectivity index (χ0v) is 12.9. The standard InChI is InChI=1S/C12H17N3O3S2/c1-9(19(2)16)5-6-15-20(17,18)12-4-3-11(14)7-10(12)8-13/h3-4,7,9,15H,5-6,14H2,1-2H3. The lowest BCUT2D eigenvalue weighted by atomic mass is 10.2. The van der Waals surface area contributed by atoms with Gasteiger partial charge in [0.2, 0.25) is 10.0 Å². The number of nitrogens with one attached hydrogen (secondary N) is 1. The van der Waals surface area contributed by atoms with Crippen LogP contribution in [0.3, 0.4) is 0 Å². The van der Waals surface area contributed by atoms with E-state index in [-0.39, 0.29) is 22.3 Å². The molecule has 0 amide bonds. The van der Waals surface area contributed by atoms with E-state index < -0.39 is 20.8 Å². The second kappa shape index (κ2) is 6.83. The molecule has 0 saturated carbocycles. The molecule has 0 heterocycles. The average Bonchev–Trinajstić information content (AvgIpc) is 2.37. The van der Waals surface area contributed by atoms with Crippen molar-refractivity contribution in [2.75, 3.05) is 18.5 Å². The Morgan fingerprint density at radius 3 is 2.70 bits per heavy atom. The Hall–Kier alpha value is -1.43. The molecule has 2 atom stereocenters. The second-order valence-corrected chi connectivity index (χ2v) is 7.90. The Bertz CT molecular complexity index is 650. The molecule has 0 aromatic heterocycles. The van der Waals surface area contributed by atoms with Crippen LogP contribution in [0, 0.1) is 11.3 Å². The smallest absolute Gasteiger partial charge is 0.241 e. The van der Waals surface area contributed by atoms with E-state index in [1.807, 2.05) is 6.07 Å². The molecule has 1 rings (SSSR count). The monoisotopic (exact) mass is 315 g/mol. The number of benzene rings is 1. The highest BCUT2D eigenvalue weighted by molar-refractivity contribution is 7.89. The molecular weight excluding hydrogens is 298 g/mol. The van der Waals surface area contributed by atoms with Gasteiger partial charge in [-0.1, -0.05) is 6.92 Å². The third kappa shape index (κ3) is 4.30. The summed E-state index contributed by atoms with van der Waals surface area (Å²) in [5.41, 5.74) is 5.85. The number of sulfonamides is 1. The molecule has 0 fully saturated rings. The Morgan fingerprint density at radius 1 is 1.50 bits per heavy atom. The third-order valence-electron chi connectivity index (χ3n) is 2.82. The minimum absolute atomic E-state index is 0.00427. The van der Waals surface area contributed by atoms with Crippen molar-refractivity contribution in [2.24, 2.45) is 0 Å². The van der Waals surface area contributed by atoms with Crippen LogP contribution in [0.2, 0.25) is 0 Å². The van der Waals surface area contributed by atoms with Crippen LogP contribution in [0.15, 0.2) is 23.1 Å². The molecule has 0 aliphatic carbocycles. The van der Waals surface area contributed by atoms with Crippen LogP contribution in [0.25, 0.3) is 0 Å². The van der Waals surface area contributed by atoms with Crippen molar-refractivity contribution >= 4 is 26.5 Å². The van der Waals surface area contributed by atoms with Crippen LogP contribution in [0.5, 0.6) is 0 Å². The van der Waals surface area contributed by atoms with Crippen molar-refractivity contribution in [1.29, 1.82) is 5.26 Å². The average molecular weight is 315 g/mol. The molecule has 0 saturated heterocycles. The van der Waals surface area contributed by atoms with E-state index in [1.165, 1.54) is 18.2 Å². The summed E-state index contributed by atoms with van der Waals surface area (Å²) in [5, 5.41) is 8.86. The molecule has 6 nitrogen and oxygen atoms in total. The van der Waals surface area contributed by atoms with Crippen LogP contribution in [0.1, 0.15) is 18.9 Å². The maximum atomic E-state index is 12.1. The molecule has 0 aliphatic rings. The van der Waals surface area contributed by atoms with Crippen LogP contribution < -0.4 is 10.5 Å². The highest BCUT2D eigenvalue weighted by atomic mass is 32.2. The first kappa shape index (κ1) is 16.6. The predicted molar refractivity (Wildman–Crippen MR) is 78.9 cm³/mol. The molecule has 2 unspecified atom stereocenters. The number of anilines is 1. The number of rotatable bonds is 6. The van der Waals surface area contributed by atoms with Gasteiger partial charge >= 0.3 is 0 Å². The number of nitrogens with zero attached hydrogens (tertiary/aromatic N) is 1. The maximum absolute atomic E-state index is 12.1. The summed E-state index contributed by atoms with van der Waals surface area (Å²) < 4.78 is 37.8. The van der Waals surface area contributed by atoms with Gasteiger partial charge in [-0.2, -0.15) is 5.26 Å². The zero-order chi connectivity index (χ0) is 15.3. The summed E-state index contributed by atoms with van der Waals surface area (Å²) in [5.74, 6) is 0. The number of hydrogen-bond acceptors (Lipinski definition) is 5. The molecule has 20 heavy (non-hydrogen) atoms. The lowest BCUT2D eigenvalue weighted by Crippen LogP contribution is -2.28. The van der Waals surface area contributed by atoms with Crippen molar-refractivity contribution in [3.8, 4) is 6.07 Å². The van der Waals surface area contributed by atoms with Crippen molar-refractivity contribution in [3.05, 3.63) is 23.8 Å². The van der Waals surface area contributed by atoms with Gasteiger partial charge in [-0.3, -0.25) is 4.21 Å². The van der Waals surface area contributed by atoms with E-state index in [0.29, 0.717) is 12.1 Å². The maximum Gasteiger partial charge on any atom is 0.241 e. The van der Waals surface area contributed by atoms with Gasteiger partial charge in [0, 0.05) is 34.5 Å². The first-order valence-electron chi connectivity index (χ1n) is 5.89. The Kier molecular flexibility index (Phi) is 5.68. The van der Waals surface area contributed by atoms with Gasteiger partial charge in [-0.15, -0.1) is 0 Å². The molecule has 0 radical (unpaired) electrons. The van der Waals surface area contributed by atoms with E-state index in [1.54, 1.807) is 13.2 Å². The molecule has 0 bridgehead atoms.